The van der Waals surface area contributed by atoms with E-state index in [-0.39, 0.29) is 24.4 Å². The Morgan fingerprint density at radius 3 is 2.72 bits per heavy atom. The Kier molecular flexibility index (Phi) is 5.63. The molecule has 0 bridgehead atoms. The number of carbonyl (C=O) groups is 1. The van der Waals surface area contributed by atoms with Crippen LogP contribution in [0.4, 0.5) is 0 Å². The topological polar surface area (TPSA) is 46.3 Å². The molecule has 2 atom stereocenters. The monoisotopic (exact) mass is 332 g/mol. The smallest absolute Gasteiger partial charge is 0.255 e. The van der Waals surface area contributed by atoms with Gasteiger partial charge in [-0.2, -0.15) is 0 Å². The molecule has 2 N–H and O–H groups in total. The number of carbonyl (C=O) groups excluding carboxylic acids is 1. The molecule has 3 nitrogen and oxygen atoms in total. The summed E-state index contributed by atoms with van der Waals surface area (Å²) in [6, 6.07) is 7.77. The van der Waals surface area contributed by atoms with Crippen LogP contribution in [0.3, 0.4) is 0 Å². The highest BCUT2D eigenvalue weighted by atomic mass is 79.9. The SMILES string of the molecule is CC1CN(C(=O)c2ccccc2Br)CCC1N.Cl. The third-order valence-electron chi connectivity index (χ3n) is 3.36. The maximum Gasteiger partial charge on any atom is 0.255 e. The lowest BCUT2D eigenvalue weighted by molar-refractivity contribution is 0.0663. The molecule has 5 heteroatoms. The van der Waals surface area contributed by atoms with Crippen LogP contribution in [0.15, 0.2) is 28.7 Å². The molecule has 2 unspecified atom stereocenters. The summed E-state index contributed by atoms with van der Waals surface area (Å²) in [6.45, 7) is 3.61. The Labute approximate surface area is 122 Å². The number of likely N-dealkylation sites (tertiary alicyclic amines) is 1. The first-order chi connectivity index (χ1) is 8.09. The molecule has 1 aliphatic heterocycles. The molecule has 0 aromatic heterocycles. The van der Waals surface area contributed by atoms with Gasteiger partial charge in [-0.1, -0.05) is 19.1 Å². The van der Waals surface area contributed by atoms with Gasteiger partial charge in [-0.25, -0.2) is 0 Å². The van der Waals surface area contributed by atoms with Gasteiger partial charge in [0.05, 0.1) is 5.56 Å². The van der Waals surface area contributed by atoms with Gasteiger partial charge < -0.3 is 10.6 Å². The molecule has 100 valence electrons. The third-order valence-corrected chi connectivity index (χ3v) is 4.05. The molecule has 1 amide bonds. The number of hydrogen-bond acceptors (Lipinski definition) is 2. The van der Waals surface area contributed by atoms with Gasteiger partial charge in [-0.05, 0) is 40.4 Å². The van der Waals surface area contributed by atoms with Crippen molar-refractivity contribution < 1.29 is 4.79 Å². The maximum absolute atomic E-state index is 12.3. The number of hydrogen-bond donors (Lipinski definition) is 1. The second kappa shape index (κ2) is 6.55. The maximum atomic E-state index is 12.3. The van der Waals surface area contributed by atoms with E-state index in [0.717, 1.165) is 29.5 Å². The van der Waals surface area contributed by atoms with Crippen molar-refractivity contribution in [1.29, 1.82) is 0 Å². The normalized spacial score (nSPS) is 23.4. The molecule has 0 saturated carbocycles. The van der Waals surface area contributed by atoms with E-state index in [1.54, 1.807) is 0 Å². The van der Waals surface area contributed by atoms with E-state index in [1.165, 1.54) is 0 Å². The summed E-state index contributed by atoms with van der Waals surface area (Å²) in [5.41, 5.74) is 6.69. The van der Waals surface area contributed by atoms with Gasteiger partial charge in [0.25, 0.3) is 5.91 Å². The summed E-state index contributed by atoms with van der Waals surface area (Å²) < 4.78 is 0.854. The lowest BCUT2D eigenvalue weighted by Crippen LogP contribution is -2.48. The predicted octanol–water partition coefficient (Wildman–Crippen LogP) is 2.68. The van der Waals surface area contributed by atoms with Crippen molar-refractivity contribution in [2.75, 3.05) is 13.1 Å². The zero-order valence-corrected chi connectivity index (χ0v) is 12.7. The highest BCUT2D eigenvalue weighted by molar-refractivity contribution is 9.10. The summed E-state index contributed by atoms with van der Waals surface area (Å²) in [7, 11) is 0. The molecule has 1 saturated heterocycles. The van der Waals surface area contributed by atoms with Crippen molar-refractivity contribution in [2.45, 2.75) is 19.4 Å². The van der Waals surface area contributed by atoms with Crippen molar-refractivity contribution in [3.8, 4) is 0 Å². The quantitative estimate of drug-likeness (QED) is 0.859. The lowest BCUT2D eigenvalue weighted by Gasteiger charge is -2.35. The molecular formula is C13H18BrClN2O. The van der Waals surface area contributed by atoms with E-state index < -0.39 is 0 Å². The van der Waals surface area contributed by atoms with Crippen LogP contribution in [0, 0.1) is 5.92 Å². The van der Waals surface area contributed by atoms with Crippen molar-refractivity contribution in [2.24, 2.45) is 11.7 Å². The Bertz CT molecular complexity index is 427. The Balaban J connectivity index is 0.00000162. The zero-order chi connectivity index (χ0) is 12.4. The van der Waals surface area contributed by atoms with Crippen LogP contribution in [0.1, 0.15) is 23.7 Å². The van der Waals surface area contributed by atoms with Crippen LogP contribution < -0.4 is 5.73 Å². The van der Waals surface area contributed by atoms with Crippen LogP contribution in [-0.4, -0.2) is 29.9 Å². The summed E-state index contributed by atoms with van der Waals surface area (Å²) >= 11 is 3.42. The Morgan fingerprint density at radius 1 is 1.44 bits per heavy atom. The Hall–Kier alpha value is -0.580. The van der Waals surface area contributed by atoms with Crippen LogP contribution in [0.2, 0.25) is 0 Å². The molecule has 1 aromatic carbocycles. The molecular weight excluding hydrogens is 316 g/mol. The molecule has 2 rings (SSSR count). The average molecular weight is 334 g/mol. The van der Waals surface area contributed by atoms with Gasteiger partial charge >= 0.3 is 0 Å². The number of amides is 1. The largest absolute Gasteiger partial charge is 0.338 e. The molecule has 1 aliphatic rings. The van der Waals surface area contributed by atoms with E-state index in [1.807, 2.05) is 29.2 Å². The standard InChI is InChI=1S/C13H17BrN2O.ClH/c1-9-8-16(7-6-12(9)15)13(17)10-4-2-3-5-11(10)14;/h2-5,9,12H,6-8,15H2,1H3;1H. The first kappa shape index (κ1) is 15.5. The number of nitrogens with two attached hydrogens (primary N) is 1. The number of rotatable bonds is 1. The Morgan fingerprint density at radius 2 is 2.11 bits per heavy atom. The van der Waals surface area contributed by atoms with E-state index >= 15 is 0 Å². The van der Waals surface area contributed by atoms with Crippen molar-refractivity contribution in [3.05, 3.63) is 34.3 Å². The van der Waals surface area contributed by atoms with Gasteiger partial charge in [0.15, 0.2) is 0 Å². The van der Waals surface area contributed by atoms with Gasteiger partial charge in [0.1, 0.15) is 0 Å². The molecule has 0 aliphatic carbocycles. The van der Waals surface area contributed by atoms with Crippen LogP contribution in [0.5, 0.6) is 0 Å². The fourth-order valence-corrected chi connectivity index (χ4v) is 2.61. The second-order valence-electron chi connectivity index (χ2n) is 4.66. The average Bonchev–Trinajstić information content (AvgIpc) is 2.32. The minimum Gasteiger partial charge on any atom is -0.338 e. The van der Waals surface area contributed by atoms with Crippen molar-refractivity contribution in [3.63, 3.8) is 0 Å². The van der Waals surface area contributed by atoms with Crippen molar-refractivity contribution >= 4 is 34.2 Å². The fraction of sp³-hybridized carbons (Fsp3) is 0.462. The van der Waals surface area contributed by atoms with Gasteiger partial charge in [-0.3, -0.25) is 4.79 Å². The van der Waals surface area contributed by atoms with E-state index in [9.17, 15) is 4.79 Å². The predicted molar refractivity (Wildman–Crippen MR) is 79.0 cm³/mol. The molecule has 1 aromatic rings. The van der Waals surface area contributed by atoms with Crippen LogP contribution in [-0.2, 0) is 0 Å². The third kappa shape index (κ3) is 3.25. The minimum absolute atomic E-state index is 0. The van der Waals surface area contributed by atoms with Gasteiger partial charge in [0, 0.05) is 23.6 Å². The van der Waals surface area contributed by atoms with Gasteiger partial charge in [0.2, 0.25) is 0 Å². The zero-order valence-electron chi connectivity index (χ0n) is 10.3. The molecule has 18 heavy (non-hydrogen) atoms. The summed E-state index contributed by atoms with van der Waals surface area (Å²) in [4.78, 5) is 14.2. The van der Waals surface area contributed by atoms with Crippen LogP contribution in [0.25, 0.3) is 0 Å². The number of nitrogens with zero attached hydrogens (tertiary/aromatic N) is 1. The highest BCUT2D eigenvalue weighted by Crippen LogP contribution is 2.21. The number of halogens is 2. The number of benzene rings is 1. The van der Waals surface area contributed by atoms with Crippen LogP contribution >= 0.6 is 28.3 Å². The van der Waals surface area contributed by atoms with Gasteiger partial charge in [-0.15, -0.1) is 12.4 Å². The summed E-state index contributed by atoms with van der Waals surface area (Å²) in [5.74, 6) is 0.464. The first-order valence-corrected chi connectivity index (χ1v) is 6.68. The highest BCUT2D eigenvalue weighted by Gasteiger charge is 2.27. The fourth-order valence-electron chi connectivity index (χ4n) is 2.15. The second-order valence-corrected chi connectivity index (χ2v) is 5.52. The minimum atomic E-state index is 0. The first-order valence-electron chi connectivity index (χ1n) is 5.89. The molecule has 1 fully saturated rings. The summed E-state index contributed by atoms with van der Waals surface area (Å²) in [6.07, 6.45) is 0.886. The number of piperidine rings is 1. The van der Waals surface area contributed by atoms with E-state index in [2.05, 4.69) is 22.9 Å². The summed E-state index contributed by atoms with van der Waals surface area (Å²) in [5, 5.41) is 0. The molecule has 0 spiro atoms. The lowest BCUT2D eigenvalue weighted by atomic mass is 9.94. The molecule has 0 radical (unpaired) electrons. The van der Waals surface area contributed by atoms with E-state index in [0.29, 0.717) is 5.92 Å². The van der Waals surface area contributed by atoms with E-state index in [4.69, 9.17) is 5.73 Å². The molecule has 1 heterocycles. The van der Waals surface area contributed by atoms with Crippen molar-refractivity contribution in [1.82, 2.24) is 4.90 Å².